The molecule has 224 valence electrons. The number of carbonyl (C=O) groups is 4. The first-order valence-corrected chi connectivity index (χ1v) is 14.3. The first-order chi connectivity index (χ1) is 20.7. The molecule has 0 spiro atoms. The molecule has 5 atom stereocenters. The van der Waals surface area contributed by atoms with Crippen molar-refractivity contribution in [3.8, 4) is 5.75 Å². The van der Waals surface area contributed by atoms with Crippen molar-refractivity contribution in [2.75, 3.05) is 14.1 Å². The lowest BCUT2D eigenvalue weighted by Crippen LogP contribution is -2.60. The Kier molecular flexibility index (Phi) is 10.5. The predicted molar refractivity (Wildman–Crippen MR) is 165 cm³/mol. The number of ketones is 1. The van der Waals surface area contributed by atoms with E-state index in [1.54, 1.807) is 72.8 Å². The number of nitrogens with zero attached hydrogens (tertiary/aromatic N) is 1. The first kappa shape index (κ1) is 31.2. The zero-order valence-electron chi connectivity index (χ0n) is 24.8. The highest BCUT2D eigenvalue weighted by atomic mass is 16.5. The highest BCUT2D eigenvalue weighted by Crippen LogP contribution is 2.27. The van der Waals surface area contributed by atoms with Crippen molar-refractivity contribution in [2.24, 2.45) is 5.92 Å². The lowest BCUT2D eigenvalue weighted by Gasteiger charge is -2.33. The fourth-order valence-electron chi connectivity index (χ4n) is 5.07. The Morgan fingerprint density at radius 3 is 2.14 bits per heavy atom. The molecule has 0 aromatic heterocycles. The molecule has 9 nitrogen and oxygen atoms in total. The number of hydrogen-bond acceptors (Lipinski definition) is 6. The monoisotopic (exact) mass is 582 g/mol. The van der Waals surface area contributed by atoms with Crippen LogP contribution in [0, 0.1) is 5.92 Å². The number of Topliss-reactive ketones (excluding diaryl/α,β-unsaturated/α-hetero) is 1. The van der Waals surface area contributed by atoms with Crippen LogP contribution in [0.2, 0.25) is 0 Å². The van der Waals surface area contributed by atoms with Gasteiger partial charge in [-0.2, -0.15) is 0 Å². The molecule has 2 aliphatic heterocycles. The molecule has 43 heavy (non-hydrogen) atoms. The molecular formula is C34H38N4O5. The third-order valence-electron chi connectivity index (χ3n) is 7.53. The molecule has 5 rings (SSSR count). The van der Waals surface area contributed by atoms with Crippen LogP contribution in [0.15, 0.2) is 91.1 Å². The van der Waals surface area contributed by atoms with Gasteiger partial charge in [-0.1, -0.05) is 93.1 Å². The molecule has 0 aliphatic carbocycles. The van der Waals surface area contributed by atoms with Gasteiger partial charge in [0.25, 0.3) is 5.91 Å². The zero-order valence-corrected chi connectivity index (χ0v) is 24.8. The average Bonchev–Trinajstić information content (AvgIpc) is 3.02. The summed E-state index contributed by atoms with van der Waals surface area (Å²) in [4.78, 5) is 56.8. The van der Waals surface area contributed by atoms with E-state index in [1.807, 2.05) is 51.0 Å². The summed E-state index contributed by atoms with van der Waals surface area (Å²) in [5.74, 6) is -1.99. The van der Waals surface area contributed by atoms with E-state index >= 15 is 0 Å². The second kappa shape index (κ2) is 14.4. The van der Waals surface area contributed by atoms with Crippen molar-refractivity contribution in [3.05, 3.63) is 108 Å². The summed E-state index contributed by atoms with van der Waals surface area (Å²) in [6.07, 6.45) is 2.83. The number of ether oxygens (including phenoxy) is 1. The van der Waals surface area contributed by atoms with Crippen molar-refractivity contribution in [1.29, 1.82) is 0 Å². The van der Waals surface area contributed by atoms with Gasteiger partial charge in [0.15, 0.2) is 17.9 Å². The van der Waals surface area contributed by atoms with E-state index in [4.69, 9.17) is 4.74 Å². The molecule has 9 heteroatoms. The second-order valence-corrected chi connectivity index (χ2v) is 10.8. The molecule has 0 radical (unpaired) electrons. The van der Waals surface area contributed by atoms with Gasteiger partial charge >= 0.3 is 0 Å². The molecule has 2 heterocycles. The zero-order chi connectivity index (χ0) is 30.9. The summed E-state index contributed by atoms with van der Waals surface area (Å²) in [7, 11) is 3.62. The minimum Gasteiger partial charge on any atom is -0.483 e. The van der Waals surface area contributed by atoms with Crippen LogP contribution < -0.4 is 20.7 Å². The maximum atomic E-state index is 14.2. The molecule has 0 unspecified atom stereocenters. The maximum absolute atomic E-state index is 14.2. The maximum Gasteiger partial charge on any atom is 0.254 e. The van der Waals surface area contributed by atoms with E-state index in [-0.39, 0.29) is 17.4 Å². The number of amides is 3. The number of carbonyl (C=O) groups excluding carboxylic acids is 4. The first-order valence-electron chi connectivity index (χ1n) is 14.3. The predicted octanol–water partition coefficient (Wildman–Crippen LogP) is 3.74. The Morgan fingerprint density at radius 1 is 0.907 bits per heavy atom. The quantitative estimate of drug-likeness (QED) is 0.275. The molecule has 2 bridgehead atoms. The number of likely N-dealkylation sites (N-methyl/N-ethyl adjacent to an activating group) is 1. The van der Waals surface area contributed by atoms with Gasteiger partial charge in [0.05, 0.1) is 6.04 Å². The minimum atomic E-state index is -1.57. The van der Waals surface area contributed by atoms with E-state index in [1.165, 1.54) is 6.20 Å². The molecule has 3 aromatic carbocycles. The van der Waals surface area contributed by atoms with Crippen LogP contribution >= 0.6 is 0 Å². The smallest absolute Gasteiger partial charge is 0.254 e. The van der Waals surface area contributed by atoms with Gasteiger partial charge in [0.1, 0.15) is 11.8 Å². The highest BCUT2D eigenvalue weighted by molar-refractivity contribution is 6.15. The highest BCUT2D eigenvalue weighted by Gasteiger charge is 2.39. The normalized spacial score (nSPS) is 20.3. The largest absolute Gasteiger partial charge is 0.483 e. The van der Waals surface area contributed by atoms with Crippen LogP contribution in [-0.4, -0.2) is 60.6 Å². The van der Waals surface area contributed by atoms with Gasteiger partial charge in [0.2, 0.25) is 11.8 Å². The van der Waals surface area contributed by atoms with Crippen LogP contribution in [0.1, 0.15) is 47.9 Å². The third-order valence-corrected chi connectivity index (χ3v) is 7.53. The molecule has 2 aliphatic rings. The summed E-state index contributed by atoms with van der Waals surface area (Å²) in [6, 6.07) is 21.0. The van der Waals surface area contributed by atoms with Crippen LogP contribution in [0.4, 0.5) is 0 Å². The summed E-state index contributed by atoms with van der Waals surface area (Å²) >= 11 is 0. The van der Waals surface area contributed by atoms with Gasteiger partial charge in [-0.25, -0.2) is 0 Å². The standard InChI is InChI=1S/C34H38N4O5/c1-5-22(2)29(38(3)4)34(42)37-28-31(25-14-10-7-11-15-25)43-26-18-16-23(17-19-26)20-21-35-32(40)27(36-33(28)41)30(39)24-12-8-6-9-13-24/h6-22,27-29,31H,5H2,1-4H3,(H,35,40)(H,36,41)(H,37,42)/t22-,27+,28+,29-,31+/m0/s1. The Balaban J connectivity index is 1.83. The number of benzene rings is 3. The topological polar surface area (TPSA) is 117 Å². The SMILES string of the molecule is CC[C@H](C)[C@@H](C(=O)N[C@H]1C(=O)N[C@H](C(=O)c2ccccc2)C(=O)NC=Cc2ccc(cc2)O[C@@H]1c1ccccc1)N(C)C. The van der Waals surface area contributed by atoms with E-state index in [2.05, 4.69) is 16.0 Å². The Bertz CT molecular complexity index is 1440. The van der Waals surface area contributed by atoms with E-state index in [9.17, 15) is 19.2 Å². The Morgan fingerprint density at radius 2 is 1.53 bits per heavy atom. The van der Waals surface area contributed by atoms with Crippen LogP contribution in [0.5, 0.6) is 5.75 Å². The van der Waals surface area contributed by atoms with Gasteiger partial charge in [0, 0.05) is 11.8 Å². The Labute approximate surface area is 252 Å². The van der Waals surface area contributed by atoms with Crippen molar-refractivity contribution in [3.63, 3.8) is 0 Å². The van der Waals surface area contributed by atoms with Crippen molar-refractivity contribution < 1.29 is 23.9 Å². The number of fused-ring (bicyclic) bond motifs is 10. The third kappa shape index (κ3) is 7.75. The van der Waals surface area contributed by atoms with E-state index in [0.717, 1.165) is 12.0 Å². The molecule has 3 amide bonds. The van der Waals surface area contributed by atoms with Crippen LogP contribution in [-0.2, 0) is 14.4 Å². The van der Waals surface area contributed by atoms with Crippen molar-refractivity contribution in [2.45, 2.75) is 44.5 Å². The second-order valence-electron chi connectivity index (χ2n) is 10.8. The minimum absolute atomic E-state index is 0.0230. The van der Waals surface area contributed by atoms with E-state index < -0.39 is 41.8 Å². The summed E-state index contributed by atoms with van der Waals surface area (Å²) in [5, 5.41) is 8.18. The average molecular weight is 583 g/mol. The molecular weight excluding hydrogens is 544 g/mol. The van der Waals surface area contributed by atoms with E-state index in [0.29, 0.717) is 11.3 Å². The summed E-state index contributed by atoms with van der Waals surface area (Å²) < 4.78 is 6.42. The fraction of sp³-hybridized carbons (Fsp3) is 0.294. The van der Waals surface area contributed by atoms with Crippen molar-refractivity contribution >= 4 is 29.6 Å². The molecule has 0 fully saturated rings. The molecule has 0 saturated carbocycles. The van der Waals surface area contributed by atoms with Gasteiger partial charge in [-0.15, -0.1) is 0 Å². The van der Waals surface area contributed by atoms with Crippen LogP contribution in [0.25, 0.3) is 6.08 Å². The lowest BCUT2D eigenvalue weighted by molar-refractivity contribution is -0.135. The lowest BCUT2D eigenvalue weighted by atomic mass is 9.95. The van der Waals surface area contributed by atoms with Gasteiger partial charge in [-0.05, 0) is 49.3 Å². The summed E-state index contributed by atoms with van der Waals surface area (Å²) in [5.41, 5.74) is 1.66. The van der Waals surface area contributed by atoms with Crippen molar-refractivity contribution in [1.82, 2.24) is 20.9 Å². The fourth-order valence-corrected chi connectivity index (χ4v) is 5.07. The molecule has 3 N–H and O–H groups in total. The number of nitrogens with one attached hydrogen (secondary N) is 3. The van der Waals surface area contributed by atoms with Gasteiger partial charge < -0.3 is 20.7 Å². The number of rotatable bonds is 8. The summed E-state index contributed by atoms with van der Waals surface area (Å²) in [6.45, 7) is 3.96. The van der Waals surface area contributed by atoms with Gasteiger partial charge in [-0.3, -0.25) is 24.1 Å². The Hall–Kier alpha value is -4.76. The van der Waals surface area contributed by atoms with Crippen LogP contribution in [0.3, 0.4) is 0 Å². The number of hydrogen-bond donors (Lipinski definition) is 3. The molecule has 3 aromatic rings. The molecule has 0 saturated heterocycles.